The van der Waals surface area contributed by atoms with Crippen molar-refractivity contribution in [3.05, 3.63) is 28.3 Å². The van der Waals surface area contributed by atoms with Crippen molar-refractivity contribution in [2.24, 2.45) is 0 Å². The number of rotatable bonds is 5. The van der Waals surface area contributed by atoms with E-state index in [0.717, 1.165) is 6.07 Å². The van der Waals surface area contributed by atoms with E-state index in [1.54, 1.807) is 6.92 Å². The molecule has 0 fully saturated rings. The molecule has 0 saturated carbocycles. The number of nitro benzene ring substituents is 1. The third-order valence-electron chi connectivity index (χ3n) is 2.23. The van der Waals surface area contributed by atoms with E-state index in [9.17, 15) is 18.5 Å². The Morgan fingerprint density at radius 3 is 2.74 bits per heavy atom. The Morgan fingerprint density at radius 1 is 1.47 bits per heavy atom. The van der Waals surface area contributed by atoms with E-state index >= 15 is 0 Å². The number of benzene rings is 1. The van der Waals surface area contributed by atoms with Crippen molar-refractivity contribution >= 4 is 21.4 Å². The fraction of sp³-hybridized carbons (Fsp3) is 0.273. The molecule has 0 heterocycles. The first-order chi connectivity index (χ1) is 8.88. The molecule has 102 valence electrons. The minimum Gasteiger partial charge on any atom is -0.393 e. The van der Waals surface area contributed by atoms with E-state index < -0.39 is 20.6 Å². The largest absolute Gasteiger partial charge is 0.393 e. The third-order valence-corrected chi connectivity index (χ3v) is 3.69. The molecule has 0 unspecified atom stereocenters. The summed E-state index contributed by atoms with van der Waals surface area (Å²) in [4.78, 5) is 9.77. The van der Waals surface area contributed by atoms with E-state index in [0.29, 0.717) is 6.42 Å². The second-order valence-electron chi connectivity index (χ2n) is 3.55. The lowest BCUT2D eigenvalue weighted by atomic mass is 10.3. The van der Waals surface area contributed by atoms with Gasteiger partial charge in [-0.15, -0.1) is 11.8 Å². The maximum atomic E-state index is 11.9. The SMILES string of the molecule is CC#CCCNS(=O)(=O)c1ccc(N)c([N+](=O)[O-])c1. The Balaban J connectivity index is 2.97. The lowest BCUT2D eigenvalue weighted by Crippen LogP contribution is -2.24. The first-order valence-electron chi connectivity index (χ1n) is 5.31. The maximum absolute atomic E-state index is 11.9. The molecule has 0 aliphatic rings. The van der Waals surface area contributed by atoms with Gasteiger partial charge in [0.15, 0.2) is 0 Å². The fourth-order valence-corrected chi connectivity index (χ4v) is 2.36. The molecule has 0 aliphatic heterocycles. The average molecular weight is 283 g/mol. The summed E-state index contributed by atoms with van der Waals surface area (Å²) in [5.74, 6) is 5.34. The predicted octanol–water partition coefficient (Wildman–Crippen LogP) is 0.869. The van der Waals surface area contributed by atoms with Gasteiger partial charge in [0.25, 0.3) is 5.69 Å². The van der Waals surface area contributed by atoms with Crippen molar-refractivity contribution in [3.63, 3.8) is 0 Å². The quantitative estimate of drug-likeness (QED) is 0.273. The normalized spacial score (nSPS) is 10.6. The van der Waals surface area contributed by atoms with Crippen LogP contribution in [-0.4, -0.2) is 19.9 Å². The van der Waals surface area contributed by atoms with Gasteiger partial charge in [0, 0.05) is 19.0 Å². The Labute approximate surface area is 111 Å². The number of nitro groups is 1. The van der Waals surface area contributed by atoms with Crippen molar-refractivity contribution in [2.75, 3.05) is 12.3 Å². The minimum atomic E-state index is -3.79. The average Bonchev–Trinajstić information content (AvgIpc) is 2.34. The third kappa shape index (κ3) is 3.94. The van der Waals surface area contributed by atoms with E-state index in [1.165, 1.54) is 12.1 Å². The summed E-state index contributed by atoms with van der Waals surface area (Å²) in [6.45, 7) is 1.79. The summed E-state index contributed by atoms with van der Waals surface area (Å²) in [5.41, 5.74) is 4.88. The van der Waals surface area contributed by atoms with Crippen LogP contribution in [-0.2, 0) is 10.0 Å². The highest BCUT2D eigenvalue weighted by Gasteiger charge is 2.19. The Kier molecular flexibility index (Phi) is 4.86. The van der Waals surface area contributed by atoms with E-state index in [2.05, 4.69) is 16.6 Å². The molecule has 0 aromatic heterocycles. The van der Waals surface area contributed by atoms with Crippen molar-refractivity contribution in [2.45, 2.75) is 18.2 Å². The Bertz CT molecular complexity index is 644. The van der Waals surface area contributed by atoms with Crippen molar-refractivity contribution in [3.8, 4) is 11.8 Å². The number of hydrogen-bond donors (Lipinski definition) is 2. The molecule has 0 amide bonds. The zero-order chi connectivity index (χ0) is 14.5. The number of nitrogens with zero attached hydrogens (tertiary/aromatic N) is 1. The van der Waals surface area contributed by atoms with Gasteiger partial charge in [-0.25, -0.2) is 13.1 Å². The van der Waals surface area contributed by atoms with Crippen LogP contribution in [0.2, 0.25) is 0 Å². The van der Waals surface area contributed by atoms with Gasteiger partial charge >= 0.3 is 0 Å². The topological polar surface area (TPSA) is 115 Å². The van der Waals surface area contributed by atoms with E-state index in [4.69, 9.17) is 5.73 Å². The van der Waals surface area contributed by atoms with E-state index in [1.807, 2.05) is 0 Å². The molecule has 1 rings (SSSR count). The molecule has 0 bridgehead atoms. The highest BCUT2D eigenvalue weighted by Crippen LogP contribution is 2.24. The zero-order valence-electron chi connectivity index (χ0n) is 10.2. The summed E-state index contributed by atoms with van der Waals surface area (Å²) in [6.07, 6.45) is 0.368. The molecule has 0 spiro atoms. The number of nitrogens with one attached hydrogen (secondary N) is 1. The second-order valence-corrected chi connectivity index (χ2v) is 5.32. The van der Waals surface area contributed by atoms with Gasteiger partial charge < -0.3 is 5.73 Å². The van der Waals surface area contributed by atoms with Crippen LogP contribution in [0.1, 0.15) is 13.3 Å². The maximum Gasteiger partial charge on any atom is 0.293 e. The molecule has 0 aliphatic carbocycles. The summed E-state index contributed by atoms with van der Waals surface area (Å²) >= 11 is 0. The summed E-state index contributed by atoms with van der Waals surface area (Å²) in [5, 5.41) is 10.7. The summed E-state index contributed by atoms with van der Waals surface area (Å²) in [6, 6.07) is 3.35. The number of nitrogen functional groups attached to an aromatic ring is 1. The standard InChI is InChI=1S/C11H13N3O4S/c1-2-3-4-7-13-19(17,18)9-5-6-10(12)11(8-9)14(15)16/h5-6,8,13H,4,7,12H2,1H3. The van der Waals surface area contributed by atoms with Crippen LogP contribution < -0.4 is 10.5 Å². The van der Waals surface area contributed by atoms with Gasteiger partial charge in [-0.3, -0.25) is 10.1 Å². The second kappa shape index (κ2) is 6.17. The minimum absolute atomic E-state index is 0.0826. The molecular formula is C11H13N3O4S. The van der Waals surface area contributed by atoms with Crippen LogP contribution in [0.5, 0.6) is 0 Å². The molecule has 0 atom stereocenters. The molecule has 1 aromatic carbocycles. The van der Waals surface area contributed by atoms with Gasteiger partial charge in [-0.1, -0.05) is 0 Å². The zero-order valence-corrected chi connectivity index (χ0v) is 11.0. The highest BCUT2D eigenvalue weighted by atomic mass is 32.2. The van der Waals surface area contributed by atoms with Crippen molar-refractivity contribution < 1.29 is 13.3 Å². The molecule has 1 aromatic rings. The molecular weight excluding hydrogens is 270 g/mol. The van der Waals surface area contributed by atoms with Crippen molar-refractivity contribution in [1.82, 2.24) is 4.72 Å². The fourth-order valence-electron chi connectivity index (χ4n) is 1.30. The number of anilines is 1. The molecule has 19 heavy (non-hydrogen) atoms. The van der Waals surface area contributed by atoms with Crippen LogP contribution in [0.3, 0.4) is 0 Å². The van der Waals surface area contributed by atoms with Gasteiger partial charge in [-0.2, -0.15) is 0 Å². The predicted molar refractivity (Wildman–Crippen MR) is 70.8 cm³/mol. The van der Waals surface area contributed by atoms with Gasteiger partial charge in [0.1, 0.15) is 5.69 Å². The highest BCUT2D eigenvalue weighted by molar-refractivity contribution is 7.89. The van der Waals surface area contributed by atoms with Crippen LogP contribution in [0, 0.1) is 22.0 Å². The summed E-state index contributed by atoms with van der Waals surface area (Å²) in [7, 11) is -3.79. The molecule has 3 N–H and O–H groups in total. The molecule has 0 saturated heterocycles. The number of nitrogens with two attached hydrogens (primary N) is 1. The Morgan fingerprint density at radius 2 is 2.16 bits per heavy atom. The lowest BCUT2D eigenvalue weighted by molar-refractivity contribution is -0.384. The summed E-state index contributed by atoms with van der Waals surface area (Å²) < 4.78 is 26.0. The van der Waals surface area contributed by atoms with Crippen molar-refractivity contribution in [1.29, 1.82) is 0 Å². The first-order valence-corrected chi connectivity index (χ1v) is 6.80. The monoisotopic (exact) mass is 283 g/mol. The molecule has 8 heteroatoms. The van der Waals surface area contributed by atoms with Crippen LogP contribution in [0.4, 0.5) is 11.4 Å². The smallest absolute Gasteiger partial charge is 0.293 e. The van der Waals surface area contributed by atoms with Gasteiger partial charge in [0.2, 0.25) is 10.0 Å². The lowest BCUT2D eigenvalue weighted by Gasteiger charge is -2.05. The van der Waals surface area contributed by atoms with E-state index in [-0.39, 0.29) is 17.1 Å². The number of sulfonamides is 1. The van der Waals surface area contributed by atoms with Crippen LogP contribution in [0.15, 0.2) is 23.1 Å². The number of hydrogen-bond acceptors (Lipinski definition) is 5. The van der Waals surface area contributed by atoms with Gasteiger partial charge in [-0.05, 0) is 19.1 Å². The van der Waals surface area contributed by atoms with Gasteiger partial charge in [0.05, 0.1) is 9.82 Å². The van der Waals surface area contributed by atoms with Crippen LogP contribution >= 0.6 is 0 Å². The van der Waals surface area contributed by atoms with Crippen LogP contribution in [0.25, 0.3) is 0 Å². The molecule has 0 radical (unpaired) electrons. The first kappa shape index (κ1) is 14.9. The Hall–Kier alpha value is -2.11. The molecule has 7 nitrogen and oxygen atoms in total.